The van der Waals surface area contributed by atoms with Gasteiger partial charge in [-0.2, -0.15) is 0 Å². The Labute approximate surface area is 140 Å². The summed E-state index contributed by atoms with van der Waals surface area (Å²) in [5.41, 5.74) is 0.954. The Morgan fingerprint density at radius 2 is 2.09 bits per heavy atom. The number of hydrogen-bond acceptors (Lipinski definition) is 5. The van der Waals surface area contributed by atoms with Crippen molar-refractivity contribution in [2.75, 3.05) is 26.2 Å². The summed E-state index contributed by atoms with van der Waals surface area (Å²) in [5, 5.41) is 4.02. The van der Waals surface area contributed by atoms with E-state index in [1.165, 1.54) is 4.88 Å². The van der Waals surface area contributed by atoms with E-state index in [1.807, 2.05) is 30.0 Å². The molecule has 0 bridgehead atoms. The molecule has 1 aliphatic rings. The molecule has 122 valence electrons. The molecule has 2 aromatic heterocycles. The van der Waals surface area contributed by atoms with Crippen molar-refractivity contribution in [3.8, 4) is 0 Å². The summed E-state index contributed by atoms with van der Waals surface area (Å²) >= 11 is 1.70. The van der Waals surface area contributed by atoms with E-state index in [-0.39, 0.29) is 5.91 Å². The Bertz CT molecular complexity index is 696. The lowest BCUT2D eigenvalue weighted by molar-refractivity contribution is -0.127. The third-order valence-electron chi connectivity index (χ3n) is 3.90. The predicted octanol–water partition coefficient (Wildman–Crippen LogP) is 2.71. The number of carbonyl (C=O) groups is 1. The highest BCUT2D eigenvalue weighted by Crippen LogP contribution is 2.16. The van der Waals surface area contributed by atoms with Crippen molar-refractivity contribution in [1.29, 1.82) is 0 Å². The number of hydrogen-bond donors (Lipinski definition) is 0. The minimum absolute atomic E-state index is 0.0907. The zero-order valence-electron chi connectivity index (χ0n) is 13.5. The highest BCUT2D eigenvalue weighted by Gasteiger charge is 2.20. The van der Waals surface area contributed by atoms with E-state index in [0.717, 1.165) is 49.1 Å². The van der Waals surface area contributed by atoms with Crippen LogP contribution in [-0.2, 0) is 11.3 Å². The highest BCUT2D eigenvalue weighted by atomic mass is 32.1. The van der Waals surface area contributed by atoms with Crippen LogP contribution in [0.3, 0.4) is 0 Å². The molecule has 0 unspecified atom stereocenters. The van der Waals surface area contributed by atoms with Gasteiger partial charge in [0.05, 0.1) is 5.69 Å². The van der Waals surface area contributed by atoms with Crippen LogP contribution in [0, 0.1) is 13.8 Å². The Morgan fingerprint density at radius 1 is 1.30 bits per heavy atom. The highest BCUT2D eigenvalue weighted by molar-refractivity contribution is 7.12. The molecule has 3 rings (SSSR count). The minimum atomic E-state index is 0.0907. The molecule has 1 amide bonds. The first-order valence-electron chi connectivity index (χ1n) is 7.78. The van der Waals surface area contributed by atoms with Gasteiger partial charge in [0.25, 0.3) is 0 Å². The molecule has 0 aliphatic carbocycles. The first-order valence-corrected chi connectivity index (χ1v) is 8.60. The van der Waals surface area contributed by atoms with Crippen LogP contribution in [-0.4, -0.2) is 47.0 Å². The standard InChI is InChI=1S/C17H21N3O2S/c1-13-11-15(18-22-13)12-19-7-9-20(10-8-19)17(21)6-5-16-4-3-14(2)23-16/h3-6,11H,7-10,12H2,1-2H3/b6-5-. The molecule has 1 fully saturated rings. The quantitative estimate of drug-likeness (QED) is 0.808. The maximum absolute atomic E-state index is 12.2. The van der Waals surface area contributed by atoms with Gasteiger partial charge in [0.2, 0.25) is 5.91 Å². The van der Waals surface area contributed by atoms with Crippen LogP contribution in [0.5, 0.6) is 0 Å². The van der Waals surface area contributed by atoms with E-state index in [1.54, 1.807) is 17.4 Å². The lowest BCUT2D eigenvalue weighted by atomic mass is 10.2. The van der Waals surface area contributed by atoms with Crippen molar-refractivity contribution in [2.45, 2.75) is 20.4 Å². The van der Waals surface area contributed by atoms with Gasteiger partial charge in [-0.3, -0.25) is 9.69 Å². The van der Waals surface area contributed by atoms with Crippen LogP contribution < -0.4 is 0 Å². The first kappa shape index (κ1) is 16.0. The molecule has 2 aromatic rings. The summed E-state index contributed by atoms with van der Waals surface area (Å²) in [4.78, 5) is 18.8. The van der Waals surface area contributed by atoms with E-state index >= 15 is 0 Å². The zero-order chi connectivity index (χ0) is 16.2. The van der Waals surface area contributed by atoms with E-state index in [2.05, 4.69) is 23.0 Å². The van der Waals surface area contributed by atoms with Crippen LogP contribution in [0.2, 0.25) is 0 Å². The number of piperazine rings is 1. The third kappa shape index (κ3) is 4.30. The van der Waals surface area contributed by atoms with Gasteiger partial charge in [0.15, 0.2) is 0 Å². The molecule has 0 saturated carbocycles. The van der Waals surface area contributed by atoms with Crippen LogP contribution in [0.4, 0.5) is 0 Å². The number of carbonyl (C=O) groups excluding carboxylic acids is 1. The molecular weight excluding hydrogens is 310 g/mol. The third-order valence-corrected chi connectivity index (χ3v) is 4.86. The molecule has 6 heteroatoms. The molecule has 0 spiro atoms. The summed E-state index contributed by atoms with van der Waals surface area (Å²) in [7, 11) is 0. The van der Waals surface area contributed by atoms with Crippen molar-refractivity contribution in [3.05, 3.63) is 45.5 Å². The van der Waals surface area contributed by atoms with Gasteiger partial charge in [0, 0.05) is 54.6 Å². The maximum Gasteiger partial charge on any atom is 0.246 e. The van der Waals surface area contributed by atoms with Crippen LogP contribution in [0.15, 0.2) is 28.8 Å². The summed E-state index contributed by atoms with van der Waals surface area (Å²) < 4.78 is 5.09. The van der Waals surface area contributed by atoms with E-state index in [4.69, 9.17) is 4.52 Å². The fourth-order valence-corrected chi connectivity index (χ4v) is 3.43. The molecule has 3 heterocycles. The SMILES string of the molecule is Cc1cc(CN2CCN(C(=O)/C=C\c3ccc(C)s3)CC2)no1. The smallest absolute Gasteiger partial charge is 0.246 e. The molecule has 1 saturated heterocycles. The summed E-state index contributed by atoms with van der Waals surface area (Å²) in [6.07, 6.45) is 3.59. The largest absolute Gasteiger partial charge is 0.361 e. The Kier molecular flexibility index (Phi) is 4.93. The van der Waals surface area contributed by atoms with Crippen molar-refractivity contribution >= 4 is 23.3 Å². The van der Waals surface area contributed by atoms with Gasteiger partial charge in [-0.05, 0) is 32.1 Å². The van der Waals surface area contributed by atoms with Crippen molar-refractivity contribution in [3.63, 3.8) is 0 Å². The van der Waals surface area contributed by atoms with Crippen molar-refractivity contribution < 1.29 is 9.32 Å². The predicted molar refractivity (Wildman–Crippen MR) is 91.2 cm³/mol. The molecule has 23 heavy (non-hydrogen) atoms. The normalized spacial score (nSPS) is 16.3. The second kappa shape index (κ2) is 7.10. The van der Waals surface area contributed by atoms with Gasteiger partial charge < -0.3 is 9.42 Å². The fourth-order valence-electron chi connectivity index (χ4n) is 2.65. The lowest BCUT2D eigenvalue weighted by Crippen LogP contribution is -2.47. The molecule has 1 aliphatic heterocycles. The first-order chi connectivity index (χ1) is 11.1. The van der Waals surface area contributed by atoms with Crippen LogP contribution in [0.1, 0.15) is 21.2 Å². The molecule has 0 aromatic carbocycles. The van der Waals surface area contributed by atoms with Gasteiger partial charge in [-0.1, -0.05) is 5.16 Å². The Hall–Kier alpha value is -1.92. The average molecular weight is 331 g/mol. The summed E-state index contributed by atoms with van der Waals surface area (Å²) in [6, 6.07) is 6.07. The summed E-state index contributed by atoms with van der Waals surface area (Å²) in [6.45, 7) is 7.98. The second-order valence-electron chi connectivity index (χ2n) is 5.81. The second-order valence-corrected chi connectivity index (χ2v) is 7.13. The van der Waals surface area contributed by atoms with Gasteiger partial charge in [0.1, 0.15) is 5.76 Å². The van der Waals surface area contributed by atoms with Crippen molar-refractivity contribution in [1.82, 2.24) is 15.0 Å². The molecular formula is C17H21N3O2S. The van der Waals surface area contributed by atoms with Gasteiger partial charge in [-0.25, -0.2) is 0 Å². The zero-order valence-corrected chi connectivity index (χ0v) is 14.3. The van der Waals surface area contributed by atoms with E-state index in [9.17, 15) is 4.79 Å². The monoisotopic (exact) mass is 331 g/mol. The van der Waals surface area contributed by atoms with E-state index in [0.29, 0.717) is 0 Å². The molecule has 0 radical (unpaired) electrons. The average Bonchev–Trinajstić information content (AvgIpc) is 3.14. The number of nitrogens with zero attached hydrogens (tertiary/aromatic N) is 3. The number of aryl methyl sites for hydroxylation is 2. The topological polar surface area (TPSA) is 49.6 Å². The number of thiophene rings is 1. The van der Waals surface area contributed by atoms with Crippen LogP contribution >= 0.6 is 11.3 Å². The van der Waals surface area contributed by atoms with E-state index < -0.39 is 0 Å². The Balaban J connectivity index is 1.48. The molecule has 0 atom stereocenters. The van der Waals surface area contributed by atoms with Gasteiger partial charge in [-0.15, -0.1) is 11.3 Å². The number of rotatable bonds is 4. The lowest BCUT2D eigenvalue weighted by Gasteiger charge is -2.33. The van der Waals surface area contributed by atoms with Gasteiger partial charge >= 0.3 is 0 Å². The molecule has 5 nitrogen and oxygen atoms in total. The maximum atomic E-state index is 12.2. The molecule has 0 N–H and O–H groups in total. The minimum Gasteiger partial charge on any atom is -0.361 e. The van der Waals surface area contributed by atoms with Crippen LogP contribution in [0.25, 0.3) is 6.08 Å². The fraction of sp³-hybridized carbons (Fsp3) is 0.412. The Morgan fingerprint density at radius 3 is 2.70 bits per heavy atom. The van der Waals surface area contributed by atoms with Crippen molar-refractivity contribution in [2.24, 2.45) is 0 Å². The number of aromatic nitrogens is 1. The number of amides is 1. The summed E-state index contributed by atoms with van der Waals surface area (Å²) in [5.74, 6) is 0.927.